The Kier molecular flexibility index (Phi) is 3.47. The number of hydrogen-bond acceptors (Lipinski definition) is 3. The summed E-state index contributed by atoms with van der Waals surface area (Å²) in [7, 11) is -3.39. The molecule has 1 aromatic carbocycles. The van der Waals surface area contributed by atoms with E-state index in [9.17, 15) is 8.42 Å². The molecule has 104 valence electrons. The van der Waals surface area contributed by atoms with Crippen LogP contribution in [0, 0.1) is 0 Å². The summed E-state index contributed by atoms with van der Waals surface area (Å²) in [6.45, 7) is 2.00. The van der Waals surface area contributed by atoms with Gasteiger partial charge in [0.25, 0.3) is 0 Å². The van der Waals surface area contributed by atoms with Crippen LogP contribution in [-0.4, -0.2) is 31.9 Å². The first kappa shape index (κ1) is 12.9. The smallest absolute Gasteiger partial charge is 0.302 e. The number of nitrogens with one attached hydrogen (secondary N) is 2. The molecule has 0 spiro atoms. The Hall–Kier alpha value is -1.11. The van der Waals surface area contributed by atoms with E-state index < -0.39 is 10.2 Å². The molecule has 2 heterocycles. The van der Waals surface area contributed by atoms with E-state index >= 15 is 0 Å². The third-order valence-electron chi connectivity index (χ3n) is 3.78. The van der Waals surface area contributed by atoms with Gasteiger partial charge in [0.2, 0.25) is 0 Å². The maximum Gasteiger partial charge on any atom is 0.302 e. The first-order valence-electron chi connectivity index (χ1n) is 6.74. The third-order valence-corrected chi connectivity index (χ3v) is 5.22. The number of piperidine rings is 1. The van der Waals surface area contributed by atoms with E-state index in [1.807, 2.05) is 24.3 Å². The summed E-state index contributed by atoms with van der Waals surface area (Å²) >= 11 is 0. The molecule has 1 saturated heterocycles. The lowest BCUT2D eigenvalue weighted by Crippen LogP contribution is -2.48. The summed E-state index contributed by atoms with van der Waals surface area (Å²) < 4.78 is 28.6. The summed E-state index contributed by atoms with van der Waals surface area (Å²) in [6.07, 6.45) is 3.41. The van der Waals surface area contributed by atoms with Crippen molar-refractivity contribution in [3.8, 4) is 0 Å². The molecule has 1 unspecified atom stereocenters. The molecule has 1 atom stereocenters. The van der Waals surface area contributed by atoms with Gasteiger partial charge in [-0.15, -0.1) is 0 Å². The van der Waals surface area contributed by atoms with Gasteiger partial charge in [-0.25, -0.2) is 0 Å². The van der Waals surface area contributed by atoms with Crippen LogP contribution in [0.25, 0.3) is 0 Å². The highest BCUT2D eigenvalue weighted by Gasteiger charge is 2.30. The SMILES string of the molecule is O=S1(=O)Nc2ccccc2CN1CC1CCCCN1. The van der Waals surface area contributed by atoms with Crippen LogP contribution >= 0.6 is 0 Å². The molecule has 1 fully saturated rings. The van der Waals surface area contributed by atoms with Gasteiger partial charge >= 0.3 is 10.2 Å². The summed E-state index contributed by atoms with van der Waals surface area (Å²) in [6, 6.07) is 7.84. The van der Waals surface area contributed by atoms with E-state index in [1.165, 1.54) is 12.8 Å². The van der Waals surface area contributed by atoms with E-state index in [0.717, 1.165) is 18.5 Å². The second kappa shape index (κ2) is 5.11. The number of para-hydroxylation sites is 1. The fourth-order valence-corrected chi connectivity index (χ4v) is 4.02. The number of hydrogen-bond donors (Lipinski definition) is 2. The minimum atomic E-state index is -3.39. The predicted molar refractivity (Wildman–Crippen MR) is 75.0 cm³/mol. The molecule has 1 aromatic rings. The Morgan fingerprint density at radius 1 is 1.26 bits per heavy atom. The van der Waals surface area contributed by atoms with Crippen molar-refractivity contribution >= 4 is 15.9 Å². The zero-order valence-corrected chi connectivity index (χ0v) is 11.6. The molecule has 0 radical (unpaired) electrons. The molecule has 0 amide bonds. The van der Waals surface area contributed by atoms with Crippen LogP contribution in [-0.2, 0) is 16.8 Å². The first-order chi connectivity index (χ1) is 9.15. The van der Waals surface area contributed by atoms with Crippen LogP contribution in [0.1, 0.15) is 24.8 Å². The minimum absolute atomic E-state index is 0.274. The van der Waals surface area contributed by atoms with Crippen molar-refractivity contribution in [1.29, 1.82) is 0 Å². The van der Waals surface area contributed by atoms with Crippen molar-refractivity contribution in [1.82, 2.24) is 9.62 Å². The second-order valence-electron chi connectivity index (χ2n) is 5.20. The Labute approximate surface area is 114 Å². The lowest BCUT2D eigenvalue weighted by molar-refractivity contribution is 0.308. The highest BCUT2D eigenvalue weighted by molar-refractivity contribution is 7.90. The van der Waals surface area contributed by atoms with Crippen molar-refractivity contribution in [3.63, 3.8) is 0 Å². The Balaban J connectivity index is 1.78. The average Bonchev–Trinajstić information content (AvgIpc) is 2.40. The highest BCUT2D eigenvalue weighted by atomic mass is 32.2. The molecule has 0 saturated carbocycles. The number of fused-ring (bicyclic) bond motifs is 1. The normalized spacial score (nSPS) is 26.4. The van der Waals surface area contributed by atoms with Crippen molar-refractivity contribution < 1.29 is 8.42 Å². The number of benzene rings is 1. The number of anilines is 1. The molecular weight excluding hydrogens is 262 g/mol. The van der Waals surface area contributed by atoms with E-state index in [2.05, 4.69) is 10.0 Å². The molecule has 2 N–H and O–H groups in total. The van der Waals surface area contributed by atoms with Gasteiger partial charge in [-0.05, 0) is 31.0 Å². The second-order valence-corrected chi connectivity index (χ2v) is 6.87. The van der Waals surface area contributed by atoms with E-state index in [-0.39, 0.29) is 6.04 Å². The van der Waals surface area contributed by atoms with E-state index in [0.29, 0.717) is 18.8 Å². The summed E-state index contributed by atoms with van der Waals surface area (Å²) in [4.78, 5) is 0. The molecule has 2 aliphatic rings. The van der Waals surface area contributed by atoms with Crippen LogP contribution in [0.3, 0.4) is 0 Å². The molecule has 6 heteroatoms. The lowest BCUT2D eigenvalue weighted by Gasteiger charge is -2.33. The molecule has 0 aromatic heterocycles. The van der Waals surface area contributed by atoms with Gasteiger partial charge < -0.3 is 5.32 Å². The van der Waals surface area contributed by atoms with E-state index in [1.54, 1.807) is 4.31 Å². The monoisotopic (exact) mass is 281 g/mol. The molecule has 0 aliphatic carbocycles. The van der Waals surface area contributed by atoms with Crippen LogP contribution in [0.15, 0.2) is 24.3 Å². The summed E-state index contributed by atoms with van der Waals surface area (Å²) in [5.41, 5.74) is 1.74. The molecule has 5 nitrogen and oxygen atoms in total. The van der Waals surface area contributed by atoms with Gasteiger partial charge in [0, 0.05) is 19.1 Å². The Morgan fingerprint density at radius 2 is 2.11 bits per heavy atom. The van der Waals surface area contributed by atoms with Gasteiger partial charge in [0.15, 0.2) is 0 Å². The fourth-order valence-electron chi connectivity index (χ4n) is 2.72. The van der Waals surface area contributed by atoms with Gasteiger partial charge in [-0.2, -0.15) is 12.7 Å². The summed E-state index contributed by atoms with van der Waals surface area (Å²) in [5, 5.41) is 3.39. The fraction of sp³-hybridized carbons (Fsp3) is 0.538. The van der Waals surface area contributed by atoms with Gasteiger partial charge in [0.05, 0.1) is 5.69 Å². The van der Waals surface area contributed by atoms with Gasteiger partial charge in [-0.1, -0.05) is 24.6 Å². The van der Waals surface area contributed by atoms with Crippen LogP contribution in [0.5, 0.6) is 0 Å². The molecule has 19 heavy (non-hydrogen) atoms. The zero-order chi connectivity index (χ0) is 13.3. The van der Waals surface area contributed by atoms with Crippen molar-refractivity contribution in [3.05, 3.63) is 29.8 Å². The molecular formula is C13H19N3O2S. The zero-order valence-electron chi connectivity index (χ0n) is 10.8. The minimum Gasteiger partial charge on any atom is -0.313 e. The standard InChI is InChI=1S/C13H19N3O2S/c17-19(18)15-13-7-2-1-5-11(13)9-16(19)10-12-6-3-4-8-14-12/h1-2,5,7,12,14-15H,3-4,6,8-10H2. The van der Waals surface area contributed by atoms with Gasteiger partial charge in [-0.3, -0.25) is 4.72 Å². The van der Waals surface area contributed by atoms with Gasteiger partial charge in [0.1, 0.15) is 0 Å². The van der Waals surface area contributed by atoms with Crippen LogP contribution in [0.2, 0.25) is 0 Å². The highest BCUT2D eigenvalue weighted by Crippen LogP contribution is 2.26. The number of nitrogens with zero attached hydrogens (tertiary/aromatic N) is 1. The van der Waals surface area contributed by atoms with Crippen LogP contribution < -0.4 is 10.0 Å². The van der Waals surface area contributed by atoms with E-state index in [4.69, 9.17) is 0 Å². The van der Waals surface area contributed by atoms with Crippen LogP contribution in [0.4, 0.5) is 5.69 Å². The Morgan fingerprint density at radius 3 is 2.89 bits per heavy atom. The Bertz CT molecular complexity index is 553. The maximum atomic E-state index is 12.2. The molecule has 0 bridgehead atoms. The molecule has 2 aliphatic heterocycles. The maximum absolute atomic E-state index is 12.2. The third kappa shape index (κ3) is 2.75. The topological polar surface area (TPSA) is 61.4 Å². The first-order valence-corrected chi connectivity index (χ1v) is 8.18. The largest absolute Gasteiger partial charge is 0.313 e. The van der Waals surface area contributed by atoms with Crippen molar-refractivity contribution in [2.45, 2.75) is 31.8 Å². The average molecular weight is 281 g/mol. The van der Waals surface area contributed by atoms with Crippen molar-refractivity contribution in [2.24, 2.45) is 0 Å². The van der Waals surface area contributed by atoms with Crippen molar-refractivity contribution in [2.75, 3.05) is 17.8 Å². The predicted octanol–water partition coefficient (Wildman–Crippen LogP) is 1.30. The molecule has 3 rings (SSSR count). The number of rotatable bonds is 2. The summed E-state index contributed by atoms with van der Waals surface area (Å²) in [5.74, 6) is 0. The lowest BCUT2D eigenvalue weighted by atomic mass is 10.0. The quantitative estimate of drug-likeness (QED) is 0.859.